The highest BCUT2D eigenvalue weighted by Gasteiger charge is 2.38. The number of carbonyl (C=O) groups is 3. The molecular weight excluding hydrogens is 325 g/mol. The van der Waals surface area contributed by atoms with Crippen LogP contribution in [0.4, 0.5) is 14.9 Å². The van der Waals surface area contributed by atoms with Crippen LogP contribution in [-0.2, 0) is 16.6 Å². The molecule has 1 aliphatic heterocycles. The van der Waals surface area contributed by atoms with E-state index in [2.05, 4.69) is 5.32 Å². The maximum Gasteiger partial charge on any atom is 0.336 e. The SMILES string of the molecule is Cc1cc(C=C2C(=O)NC(=O)N(c3ccccc3F)C2=O)c(C)n1C. The Morgan fingerprint density at radius 3 is 2.40 bits per heavy atom. The second kappa shape index (κ2) is 6.01. The van der Waals surface area contributed by atoms with Crippen molar-refractivity contribution in [3.05, 3.63) is 58.7 Å². The fraction of sp³-hybridized carbons (Fsp3) is 0.167. The highest BCUT2D eigenvalue weighted by Crippen LogP contribution is 2.25. The summed E-state index contributed by atoms with van der Waals surface area (Å²) < 4.78 is 15.9. The van der Waals surface area contributed by atoms with Gasteiger partial charge in [0.1, 0.15) is 11.4 Å². The van der Waals surface area contributed by atoms with Gasteiger partial charge < -0.3 is 4.57 Å². The smallest absolute Gasteiger partial charge is 0.336 e. The minimum absolute atomic E-state index is 0.204. The van der Waals surface area contributed by atoms with E-state index in [0.29, 0.717) is 10.5 Å². The monoisotopic (exact) mass is 341 g/mol. The number of hydrogen-bond donors (Lipinski definition) is 1. The maximum absolute atomic E-state index is 14.0. The summed E-state index contributed by atoms with van der Waals surface area (Å²) >= 11 is 0. The fourth-order valence-electron chi connectivity index (χ4n) is 2.70. The molecule has 0 aliphatic carbocycles. The summed E-state index contributed by atoms with van der Waals surface area (Å²) in [6.45, 7) is 3.75. The van der Waals surface area contributed by atoms with Crippen molar-refractivity contribution in [2.45, 2.75) is 13.8 Å². The number of benzene rings is 1. The van der Waals surface area contributed by atoms with Crippen molar-refractivity contribution in [3.8, 4) is 0 Å². The van der Waals surface area contributed by atoms with Gasteiger partial charge in [-0.1, -0.05) is 12.1 Å². The Hall–Kier alpha value is -3.22. The number of urea groups is 1. The number of anilines is 1. The first-order chi connectivity index (χ1) is 11.8. The lowest BCUT2D eigenvalue weighted by atomic mass is 10.1. The van der Waals surface area contributed by atoms with E-state index in [1.807, 2.05) is 31.5 Å². The van der Waals surface area contributed by atoms with E-state index in [1.54, 1.807) is 0 Å². The zero-order valence-electron chi connectivity index (χ0n) is 14.0. The molecule has 7 heteroatoms. The van der Waals surface area contributed by atoms with Gasteiger partial charge in [-0.25, -0.2) is 14.1 Å². The van der Waals surface area contributed by atoms with Crippen LogP contribution < -0.4 is 10.2 Å². The van der Waals surface area contributed by atoms with Gasteiger partial charge in [0.2, 0.25) is 0 Å². The molecule has 1 aliphatic rings. The van der Waals surface area contributed by atoms with Crippen LogP contribution in [0.5, 0.6) is 0 Å². The van der Waals surface area contributed by atoms with Crippen molar-refractivity contribution in [2.75, 3.05) is 4.90 Å². The minimum Gasteiger partial charge on any atom is -0.352 e. The first-order valence-electron chi connectivity index (χ1n) is 7.60. The number of nitrogens with zero attached hydrogens (tertiary/aromatic N) is 2. The van der Waals surface area contributed by atoms with E-state index in [0.717, 1.165) is 17.5 Å². The molecule has 2 heterocycles. The highest BCUT2D eigenvalue weighted by molar-refractivity contribution is 6.39. The molecule has 1 aromatic carbocycles. The summed E-state index contributed by atoms with van der Waals surface area (Å²) in [7, 11) is 1.87. The van der Waals surface area contributed by atoms with Gasteiger partial charge in [-0.2, -0.15) is 0 Å². The molecule has 128 valence electrons. The number of para-hydroxylation sites is 1. The molecule has 1 N–H and O–H groups in total. The van der Waals surface area contributed by atoms with E-state index in [4.69, 9.17) is 0 Å². The largest absolute Gasteiger partial charge is 0.352 e. The van der Waals surface area contributed by atoms with E-state index < -0.39 is 23.7 Å². The Kier molecular flexibility index (Phi) is 4.00. The Balaban J connectivity index is 2.08. The minimum atomic E-state index is -0.974. The van der Waals surface area contributed by atoms with E-state index >= 15 is 0 Å². The molecule has 1 fully saturated rings. The van der Waals surface area contributed by atoms with Crippen LogP contribution in [0.1, 0.15) is 17.0 Å². The Morgan fingerprint density at radius 1 is 1.12 bits per heavy atom. The standard InChI is InChI=1S/C18H16FN3O3/c1-10-8-12(11(2)21(10)3)9-13-16(23)20-18(25)22(17(13)24)15-7-5-4-6-14(15)19/h4-9H,1-3H3,(H,20,23,25). The molecule has 0 saturated carbocycles. The molecule has 3 rings (SSSR count). The van der Waals surface area contributed by atoms with E-state index in [1.165, 1.54) is 24.3 Å². The van der Waals surface area contributed by atoms with Gasteiger partial charge in [0, 0.05) is 18.4 Å². The molecule has 25 heavy (non-hydrogen) atoms. The van der Waals surface area contributed by atoms with Gasteiger partial charge in [0.25, 0.3) is 11.8 Å². The number of halogens is 1. The number of nitrogens with one attached hydrogen (secondary N) is 1. The zero-order chi connectivity index (χ0) is 18.3. The van der Waals surface area contributed by atoms with Gasteiger partial charge >= 0.3 is 6.03 Å². The molecule has 4 amide bonds. The van der Waals surface area contributed by atoms with Gasteiger partial charge in [-0.15, -0.1) is 0 Å². The normalized spacial score (nSPS) is 16.6. The first kappa shape index (κ1) is 16.6. The topological polar surface area (TPSA) is 71.4 Å². The van der Waals surface area contributed by atoms with Crippen molar-refractivity contribution >= 4 is 29.6 Å². The second-order valence-corrected chi connectivity index (χ2v) is 5.79. The fourth-order valence-corrected chi connectivity index (χ4v) is 2.70. The third kappa shape index (κ3) is 2.73. The van der Waals surface area contributed by atoms with Crippen LogP contribution in [0.3, 0.4) is 0 Å². The molecule has 0 spiro atoms. The Labute approximate surface area is 143 Å². The molecule has 1 saturated heterocycles. The molecule has 2 aromatic rings. The number of aryl methyl sites for hydroxylation is 1. The summed E-state index contributed by atoms with van der Waals surface area (Å²) in [5, 5.41) is 2.08. The number of amides is 4. The lowest BCUT2D eigenvalue weighted by Gasteiger charge is -2.26. The third-order valence-electron chi connectivity index (χ3n) is 4.31. The van der Waals surface area contributed by atoms with Crippen LogP contribution in [0, 0.1) is 19.7 Å². The number of hydrogen-bond acceptors (Lipinski definition) is 3. The highest BCUT2D eigenvalue weighted by atomic mass is 19.1. The average molecular weight is 341 g/mol. The van der Waals surface area contributed by atoms with Gasteiger partial charge in [-0.05, 0) is 43.7 Å². The summed E-state index contributed by atoms with van der Waals surface area (Å²) in [6, 6.07) is 6.25. The number of carbonyl (C=O) groups excluding carboxylic acids is 3. The quantitative estimate of drug-likeness (QED) is 0.674. The molecule has 0 atom stereocenters. The lowest BCUT2D eigenvalue weighted by molar-refractivity contribution is -0.122. The molecule has 0 radical (unpaired) electrons. The second-order valence-electron chi connectivity index (χ2n) is 5.79. The van der Waals surface area contributed by atoms with E-state index in [9.17, 15) is 18.8 Å². The van der Waals surface area contributed by atoms with Crippen LogP contribution in [0.25, 0.3) is 6.08 Å². The zero-order valence-corrected chi connectivity index (χ0v) is 14.0. The van der Waals surface area contributed by atoms with Crippen molar-refractivity contribution in [1.29, 1.82) is 0 Å². The first-order valence-corrected chi connectivity index (χ1v) is 7.60. The van der Waals surface area contributed by atoms with Gasteiger partial charge in [-0.3, -0.25) is 14.9 Å². The average Bonchev–Trinajstić information content (AvgIpc) is 2.80. The van der Waals surface area contributed by atoms with Crippen molar-refractivity contribution in [3.63, 3.8) is 0 Å². The van der Waals surface area contributed by atoms with Crippen LogP contribution in [0.2, 0.25) is 0 Å². The number of rotatable bonds is 2. The maximum atomic E-state index is 14.0. The van der Waals surface area contributed by atoms with Crippen LogP contribution >= 0.6 is 0 Å². The van der Waals surface area contributed by atoms with Crippen molar-refractivity contribution in [2.24, 2.45) is 7.05 Å². The Bertz CT molecular complexity index is 943. The Morgan fingerprint density at radius 2 is 1.80 bits per heavy atom. The van der Waals surface area contributed by atoms with Crippen molar-refractivity contribution < 1.29 is 18.8 Å². The molecule has 1 aromatic heterocycles. The summed E-state index contributed by atoms with van der Waals surface area (Å²) in [5.74, 6) is -2.39. The third-order valence-corrected chi connectivity index (χ3v) is 4.31. The summed E-state index contributed by atoms with van der Waals surface area (Å²) in [5.41, 5.74) is 2.07. The molecule has 0 bridgehead atoms. The molecular formula is C18H16FN3O3. The predicted octanol–water partition coefficient (Wildman–Crippen LogP) is 2.45. The van der Waals surface area contributed by atoms with Gasteiger partial charge in [0.15, 0.2) is 0 Å². The van der Waals surface area contributed by atoms with Crippen LogP contribution in [0.15, 0.2) is 35.9 Å². The summed E-state index contributed by atoms with van der Waals surface area (Å²) in [6.07, 6.45) is 1.42. The van der Waals surface area contributed by atoms with Crippen LogP contribution in [-0.4, -0.2) is 22.4 Å². The lowest BCUT2D eigenvalue weighted by Crippen LogP contribution is -2.54. The number of imide groups is 2. The number of aromatic nitrogens is 1. The van der Waals surface area contributed by atoms with Crippen molar-refractivity contribution in [1.82, 2.24) is 9.88 Å². The van der Waals surface area contributed by atoms with E-state index in [-0.39, 0.29) is 11.3 Å². The number of barbiturate groups is 1. The predicted molar refractivity (Wildman–Crippen MR) is 90.3 cm³/mol. The summed E-state index contributed by atoms with van der Waals surface area (Å²) in [4.78, 5) is 37.5. The molecule has 0 unspecified atom stereocenters. The molecule has 6 nitrogen and oxygen atoms in total. The van der Waals surface area contributed by atoms with Gasteiger partial charge in [0.05, 0.1) is 5.69 Å².